The zero-order valence-corrected chi connectivity index (χ0v) is 17.0. The lowest BCUT2D eigenvalue weighted by atomic mass is 10.2. The van der Waals surface area contributed by atoms with Gasteiger partial charge in [0.1, 0.15) is 0 Å². The Morgan fingerprint density at radius 1 is 1.07 bits per heavy atom. The van der Waals surface area contributed by atoms with Crippen molar-refractivity contribution in [3.05, 3.63) is 48.0 Å². The molecule has 0 radical (unpaired) electrons. The van der Waals surface area contributed by atoms with Crippen LogP contribution < -0.4 is 19.5 Å². The maximum Gasteiger partial charge on any atom is 0.255 e. The van der Waals surface area contributed by atoms with Gasteiger partial charge in [-0.3, -0.25) is 4.79 Å². The molecule has 1 fully saturated rings. The van der Waals surface area contributed by atoms with Gasteiger partial charge in [-0.2, -0.15) is 0 Å². The Morgan fingerprint density at radius 3 is 2.59 bits per heavy atom. The molecule has 0 aromatic heterocycles. The summed E-state index contributed by atoms with van der Waals surface area (Å²) in [6.45, 7) is 3.01. The van der Waals surface area contributed by atoms with Crippen molar-refractivity contribution in [2.75, 3.05) is 18.5 Å². The first-order valence-electron chi connectivity index (χ1n) is 9.76. The number of sulfonamides is 1. The highest BCUT2D eigenvalue weighted by atomic mass is 32.2. The molecule has 154 valence electrons. The van der Waals surface area contributed by atoms with Crippen LogP contribution in [-0.2, 0) is 10.0 Å². The van der Waals surface area contributed by atoms with E-state index in [1.54, 1.807) is 30.3 Å². The van der Waals surface area contributed by atoms with Gasteiger partial charge in [-0.15, -0.1) is 0 Å². The lowest BCUT2D eigenvalue weighted by Gasteiger charge is -2.14. The summed E-state index contributed by atoms with van der Waals surface area (Å²) in [5.41, 5.74) is 0.812. The smallest absolute Gasteiger partial charge is 0.255 e. The summed E-state index contributed by atoms with van der Waals surface area (Å²) < 4.78 is 39.2. The summed E-state index contributed by atoms with van der Waals surface area (Å²) >= 11 is 0. The predicted molar refractivity (Wildman–Crippen MR) is 109 cm³/mol. The highest BCUT2D eigenvalue weighted by Gasteiger charge is 2.31. The molecule has 2 N–H and O–H groups in total. The Labute approximate surface area is 170 Å². The maximum atomic E-state index is 12.7. The molecule has 1 aliphatic heterocycles. The minimum Gasteiger partial charge on any atom is -0.490 e. The second-order valence-electron chi connectivity index (χ2n) is 7.44. The molecule has 0 bridgehead atoms. The van der Waals surface area contributed by atoms with E-state index < -0.39 is 15.9 Å². The van der Waals surface area contributed by atoms with Gasteiger partial charge in [0.2, 0.25) is 10.0 Å². The molecule has 4 rings (SSSR count). The number of carbonyl (C=O) groups excluding carboxylic acids is 1. The van der Waals surface area contributed by atoms with Crippen molar-refractivity contribution in [3.8, 4) is 11.5 Å². The topological polar surface area (TPSA) is 93.7 Å². The van der Waals surface area contributed by atoms with E-state index >= 15 is 0 Å². The van der Waals surface area contributed by atoms with E-state index in [-0.39, 0.29) is 16.5 Å². The number of carbonyl (C=O) groups is 1. The van der Waals surface area contributed by atoms with E-state index in [1.165, 1.54) is 12.1 Å². The van der Waals surface area contributed by atoms with Crippen molar-refractivity contribution in [2.24, 2.45) is 5.92 Å². The predicted octanol–water partition coefficient (Wildman–Crippen LogP) is 3.18. The number of hydrogen-bond acceptors (Lipinski definition) is 5. The van der Waals surface area contributed by atoms with Gasteiger partial charge < -0.3 is 14.8 Å². The quantitative estimate of drug-likeness (QED) is 0.754. The van der Waals surface area contributed by atoms with Crippen LogP contribution in [-0.4, -0.2) is 33.6 Å². The molecule has 1 saturated carbocycles. The average molecular weight is 416 g/mol. The van der Waals surface area contributed by atoms with Gasteiger partial charge in [0.15, 0.2) is 11.5 Å². The fourth-order valence-electron chi connectivity index (χ4n) is 3.25. The molecule has 0 unspecified atom stereocenters. The average Bonchev–Trinajstić information content (AvgIpc) is 3.55. The van der Waals surface area contributed by atoms with Crippen molar-refractivity contribution in [1.82, 2.24) is 4.72 Å². The monoisotopic (exact) mass is 416 g/mol. The van der Waals surface area contributed by atoms with Crippen molar-refractivity contribution in [2.45, 2.75) is 37.1 Å². The number of nitrogens with one attached hydrogen (secondary N) is 2. The molecule has 2 aromatic carbocycles. The van der Waals surface area contributed by atoms with Gasteiger partial charge in [-0.25, -0.2) is 13.1 Å². The molecule has 1 atom stereocenters. The van der Waals surface area contributed by atoms with E-state index in [0.717, 1.165) is 19.3 Å². The largest absolute Gasteiger partial charge is 0.490 e. The molecule has 2 aromatic rings. The van der Waals surface area contributed by atoms with Crippen molar-refractivity contribution in [1.29, 1.82) is 0 Å². The molecule has 29 heavy (non-hydrogen) atoms. The molecule has 1 aliphatic carbocycles. The van der Waals surface area contributed by atoms with Crippen LogP contribution in [0.4, 0.5) is 5.69 Å². The number of fused-ring (bicyclic) bond motifs is 1. The van der Waals surface area contributed by atoms with Crippen LogP contribution in [0, 0.1) is 5.92 Å². The van der Waals surface area contributed by atoms with Crippen molar-refractivity contribution < 1.29 is 22.7 Å². The molecular weight excluding hydrogens is 392 g/mol. The summed E-state index contributed by atoms with van der Waals surface area (Å²) in [5.74, 6) is 1.22. The molecule has 1 heterocycles. The van der Waals surface area contributed by atoms with Crippen LogP contribution in [0.25, 0.3) is 0 Å². The third-order valence-electron chi connectivity index (χ3n) is 5.08. The lowest BCUT2D eigenvalue weighted by Crippen LogP contribution is -2.34. The minimum absolute atomic E-state index is 0.0799. The van der Waals surface area contributed by atoms with Gasteiger partial charge in [0, 0.05) is 29.8 Å². The van der Waals surface area contributed by atoms with Gasteiger partial charge in [0.25, 0.3) is 5.91 Å². The second-order valence-corrected chi connectivity index (χ2v) is 9.16. The zero-order chi connectivity index (χ0) is 20.4. The Morgan fingerprint density at radius 2 is 1.83 bits per heavy atom. The molecule has 1 amide bonds. The number of amides is 1. The Kier molecular flexibility index (Phi) is 5.47. The minimum atomic E-state index is -3.68. The first-order valence-corrected chi connectivity index (χ1v) is 11.2. The number of benzene rings is 2. The second kappa shape index (κ2) is 8.04. The highest BCUT2D eigenvalue weighted by Crippen LogP contribution is 2.33. The SMILES string of the molecule is C[C@H](NS(=O)(=O)c1cccc(C(=O)Nc2ccc3c(c2)OCCCO3)c1)C1CC1. The summed E-state index contributed by atoms with van der Waals surface area (Å²) in [6.07, 6.45) is 2.88. The molecule has 0 saturated heterocycles. The van der Waals surface area contributed by atoms with Crippen molar-refractivity contribution in [3.63, 3.8) is 0 Å². The summed E-state index contributed by atoms with van der Waals surface area (Å²) in [7, 11) is -3.68. The van der Waals surface area contributed by atoms with Gasteiger partial charge in [-0.1, -0.05) is 6.07 Å². The summed E-state index contributed by atoms with van der Waals surface area (Å²) in [5, 5.41) is 2.79. The van der Waals surface area contributed by atoms with Crippen LogP contribution in [0.5, 0.6) is 11.5 Å². The summed E-state index contributed by atoms with van der Waals surface area (Å²) in [6, 6.07) is 11.1. The number of hydrogen-bond donors (Lipinski definition) is 2. The van der Waals surface area contributed by atoms with Crippen LogP contribution in [0.15, 0.2) is 47.4 Å². The fourth-order valence-corrected chi connectivity index (χ4v) is 4.61. The standard InChI is InChI=1S/C21H24N2O5S/c1-14(15-6-7-15)23-29(25,26)18-5-2-4-16(12-18)21(24)22-17-8-9-19-20(13-17)28-11-3-10-27-19/h2,4-5,8-9,12-15,23H,3,6-7,10-11H2,1H3,(H,22,24)/t14-/m0/s1. The van der Waals surface area contributed by atoms with E-state index in [9.17, 15) is 13.2 Å². The molecular formula is C21H24N2O5S. The first kappa shape index (κ1) is 19.7. The van der Waals surface area contributed by atoms with E-state index in [0.29, 0.717) is 36.3 Å². The van der Waals surface area contributed by atoms with Crippen molar-refractivity contribution >= 4 is 21.6 Å². The third kappa shape index (κ3) is 4.71. The third-order valence-corrected chi connectivity index (χ3v) is 6.64. The summed E-state index contributed by atoms with van der Waals surface area (Å²) in [4.78, 5) is 12.8. The number of ether oxygens (including phenoxy) is 2. The van der Waals surface area contributed by atoms with Gasteiger partial charge in [-0.05, 0) is 56.0 Å². The Bertz CT molecular complexity index is 1020. The van der Waals surface area contributed by atoms with Gasteiger partial charge in [0.05, 0.1) is 18.1 Å². The lowest BCUT2D eigenvalue weighted by molar-refractivity contribution is 0.102. The fraction of sp³-hybridized carbons (Fsp3) is 0.381. The normalized spacial score (nSPS) is 17.3. The molecule has 7 nitrogen and oxygen atoms in total. The maximum absolute atomic E-state index is 12.7. The molecule has 8 heteroatoms. The number of rotatable bonds is 6. The number of anilines is 1. The molecule has 0 spiro atoms. The van der Waals surface area contributed by atoms with E-state index in [1.807, 2.05) is 6.92 Å². The molecule has 2 aliphatic rings. The van der Waals surface area contributed by atoms with E-state index in [4.69, 9.17) is 9.47 Å². The Hall–Kier alpha value is -2.58. The van der Waals surface area contributed by atoms with Gasteiger partial charge >= 0.3 is 0 Å². The van der Waals surface area contributed by atoms with Crippen LogP contribution in [0.2, 0.25) is 0 Å². The van der Waals surface area contributed by atoms with E-state index in [2.05, 4.69) is 10.0 Å². The highest BCUT2D eigenvalue weighted by molar-refractivity contribution is 7.89. The zero-order valence-electron chi connectivity index (χ0n) is 16.2. The Balaban J connectivity index is 1.49. The van der Waals surface area contributed by atoms with Crippen LogP contribution >= 0.6 is 0 Å². The van der Waals surface area contributed by atoms with Crippen LogP contribution in [0.3, 0.4) is 0 Å². The first-order chi connectivity index (χ1) is 13.9. The van der Waals surface area contributed by atoms with Crippen LogP contribution in [0.1, 0.15) is 36.5 Å².